The van der Waals surface area contributed by atoms with Crippen molar-refractivity contribution in [2.24, 2.45) is 23.7 Å². The van der Waals surface area contributed by atoms with Gasteiger partial charge in [-0.15, -0.1) is 0 Å². The van der Waals surface area contributed by atoms with Crippen LogP contribution in [0, 0.1) is 23.7 Å². The number of amides is 1. The second kappa shape index (κ2) is 13.4. The van der Waals surface area contributed by atoms with Crippen LogP contribution in [0.1, 0.15) is 79.8 Å². The second-order valence-corrected chi connectivity index (χ2v) is 16.3. The van der Waals surface area contributed by atoms with Crippen molar-refractivity contribution in [2.45, 2.75) is 75.4 Å². The summed E-state index contributed by atoms with van der Waals surface area (Å²) >= 11 is 6.42. The summed E-state index contributed by atoms with van der Waals surface area (Å²) < 4.78 is 41.6. The highest BCUT2D eigenvalue weighted by Gasteiger charge is 2.44. The number of sulfonamides is 1. The van der Waals surface area contributed by atoms with Crippen molar-refractivity contribution in [3.8, 4) is 5.75 Å². The number of carbonyl (C=O) groups is 1. The largest absolute Gasteiger partial charge is 0.490 e. The van der Waals surface area contributed by atoms with Gasteiger partial charge < -0.3 is 19.5 Å². The summed E-state index contributed by atoms with van der Waals surface area (Å²) in [7, 11) is -2.43. The Morgan fingerprint density at radius 3 is 2.73 bits per heavy atom. The standard InChI is InChI=1S/C35H47ClN2O6S/c1-23-5-3-6-27(20-39)29-11-8-26(29)19-38-21-35(15-4-7-24-17-28(36)10-12-30(24)35)22-44-32-13-9-25(18-31(32)38)34(40)37-45(41,42)33(23)14-16-43-2/h9-10,12-13,17-18,23,26-27,29,33,39H,3-8,11,14-16,19-22H2,1-2H3,(H,37,40)/t23-,26-,27-,29+,33+,35-/m0/s1. The molecule has 10 heteroatoms. The molecule has 2 N–H and O–H groups in total. The van der Waals surface area contributed by atoms with E-state index in [9.17, 15) is 18.3 Å². The van der Waals surface area contributed by atoms with E-state index >= 15 is 0 Å². The maximum atomic E-state index is 13.7. The Bertz CT molecular complexity index is 1500. The highest BCUT2D eigenvalue weighted by Crippen LogP contribution is 2.48. The summed E-state index contributed by atoms with van der Waals surface area (Å²) in [5.74, 6) is 0.899. The van der Waals surface area contributed by atoms with Crippen molar-refractivity contribution in [3.05, 3.63) is 58.1 Å². The van der Waals surface area contributed by atoms with Gasteiger partial charge in [0.25, 0.3) is 5.91 Å². The lowest BCUT2D eigenvalue weighted by Gasteiger charge is -2.46. The molecular formula is C35H47ClN2O6S. The molecular weight excluding hydrogens is 612 g/mol. The average Bonchev–Trinajstić information content (AvgIpc) is 3.14. The molecule has 2 aromatic carbocycles. The Balaban J connectivity index is 1.40. The molecule has 1 saturated carbocycles. The van der Waals surface area contributed by atoms with Crippen LogP contribution in [0.5, 0.6) is 5.75 Å². The Hall–Kier alpha value is -2.33. The van der Waals surface area contributed by atoms with Gasteiger partial charge in [0.1, 0.15) is 5.75 Å². The van der Waals surface area contributed by atoms with E-state index < -0.39 is 21.2 Å². The highest BCUT2D eigenvalue weighted by molar-refractivity contribution is 7.90. The maximum absolute atomic E-state index is 13.7. The lowest BCUT2D eigenvalue weighted by molar-refractivity contribution is 0.0568. The normalized spacial score (nSPS) is 31.5. The Morgan fingerprint density at radius 2 is 1.98 bits per heavy atom. The number of methoxy groups -OCH3 is 1. The first kappa shape index (κ1) is 32.6. The third-order valence-corrected chi connectivity index (χ3v) is 13.4. The van der Waals surface area contributed by atoms with E-state index in [1.165, 1.54) is 11.1 Å². The fourth-order valence-electron chi connectivity index (χ4n) is 8.55. The Morgan fingerprint density at radius 1 is 1.13 bits per heavy atom. The number of nitrogens with one attached hydrogen (secondary N) is 1. The van der Waals surface area contributed by atoms with Crippen LogP contribution in [-0.2, 0) is 26.6 Å². The van der Waals surface area contributed by atoms with Crippen molar-refractivity contribution >= 4 is 33.2 Å². The molecule has 6 rings (SSSR count). The fourth-order valence-corrected chi connectivity index (χ4v) is 10.4. The van der Waals surface area contributed by atoms with Crippen molar-refractivity contribution in [1.82, 2.24) is 4.72 Å². The molecule has 6 atom stereocenters. The number of hydrogen-bond donors (Lipinski definition) is 2. The molecule has 0 unspecified atom stereocenters. The predicted octanol–water partition coefficient (Wildman–Crippen LogP) is 5.73. The first-order valence-corrected chi connectivity index (χ1v) is 18.5. The van der Waals surface area contributed by atoms with Gasteiger partial charge in [-0.25, -0.2) is 13.1 Å². The molecule has 1 fully saturated rings. The predicted molar refractivity (Wildman–Crippen MR) is 177 cm³/mol. The second-order valence-electron chi connectivity index (χ2n) is 13.9. The van der Waals surface area contributed by atoms with Crippen LogP contribution in [0.3, 0.4) is 0 Å². The molecule has 2 bridgehead atoms. The molecule has 2 aliphatic heterocycles. The number of hydrogen-bond acceptors (Lipinski definition) is 7. The number of aliphatic hydroxyl groups excluding tert-OH is 1. The van der Waals surface area contributed by atoms with Crippen LogP contribution in [0.15, 0.2) is 36.4 Å². The number of halogens is 1. The lowest BCUT2D eigenvalue weighted by Crippen LogP contribution is -2.49. The average molecular weight is 659 g/mol. The molecule has 2 heterocycles. The number of rotatable bonds is 4. The minimum absolute atomic E-state index is 0.138. The summed E-state index contributed by atoms with van der Waals surface area (Å²) in [6, 6.07) is 11.5. The smallest absolute Gasteiger partial charge is 0.264 e. The van der Waals surface area contributed by atoms with Crippen LogP contribution in [0.4, 0.5) is 5.69 Å². The number of nitrogens with zero attached hydrogens (tertiary/aromatic N) is 1. The summed E-state index contributed by atoms with van der Waals surface area (Å²) in [6.07, 6.45) is 7.86. The Kier molecular flexibility index (Phi) is 9.72. The summed E-state index contributed by atoms with van der Waals surface area (Å²) in [4.78, 5) is 16.0. The van der Waals surface area contributed by atoms with Crippen molar-refractivity contribution in [3.63, 3.8) is 0 Å². The molecule has 0 saturated heterocycles. The maximum Gasteiger partial charge on any atom is 0.264 e. The van der Waals surface area contributed by atoms with Crippen molar-refractivity contribution < 1.29 is 27.8 Å². The Labute approximate surface area is 272 Å². The molecule has 1 amide bonds. The number of aliphatic hydroxyl groups is 1. The highest BCUT2D eigenvalue weighted by atomic mass is 35.5. The molecule has 4 aliphatic rings. The molecule has 0 radical (unpaired) electrons. The number of anilines is 1. The SMILES string of the molecule is COCC[C@@H]1[C@@H](C)CCC[C@@H](CO)[C@@H]2CC[C@H]2CN2C[C@@]3(CCCc4cc(Cl)ccc43)COc3ccc(cc32)C(=O)NS1(=O)=O. The van der Waals surface area contributed by atoms with Crippen LogP contribution < -0.4 is 14.4 Å². The quantitative estimate of drug-likeness (QED) is 0.432. The van der Waals surface area contributed by atoms with Crippen LogP contribution in [0.2, 0.25) is 5.02 Å². The zero-order valence-corrected chi connectivity index (χ0v) is 28.0. The summed E-state index contributed by atoms with van der Waals surface area (Å²) in [5, 5.41) is 10.5. The molecule has 45 heavy (non-hydrogen) atoms. The van der Waals surface area contributed by atoms with Gasteiger partial charge in [0.05, 0.1) is 17.5 Å². The number of aryl methyl sites for hydroxylation is 1. The summed E-state index contributed by atoms with van der Waals surface area (Å²) in [6.45, 7) is 4.40. The van der Waals surface area contributed by atoms with Crippen LogP contribution in [-0.4, -0.2) is 64.7 Å². The van der Waals surface area contributed by atoms with Gasteiger partial charge in [0.15, 0.2) is 0 Å². The first-order chi connectivity index (χ1) is 21.6. The monoisotopic (exact) mass is 658 g/mol. The molecule has 1 spiro atoms. The minimum Gasteiger partial charge on any atom is -0.490 e. The fraction of sp³-hybridized carbons (Fsp3) is 0.629. The van der Waals surface area contributed by atoms with Gasteiger partial charge in [-0.1, -0.05) is 31.0 Å². The van der Waals surface area contributed by atoms with Gasteiger partial charge in [-0.2, -0.15) is 0 Å². The lowest BCUT2D eigenvalue weighted by atomic mass is 9.65. The van der Waals surface area contributed by atoms with E-state index in [1.807, 2.05) is 25.1 Å². The number of fused-ring (bicyclic) bond motifs is 4. The third-order valence-electron chi connectivity index (χ3n) is 11.2. The number of ether oxygens (including phenoxy) is 2. The van der Waals surface area contributed by atoms with E-state index in [0.717, 1.165) is 68.7 Å². The van der Waals surface area contributed by atoms with Crippen molar-refractivity contribution in [1.29, 1.82) is 0 Å². The zero-order valence-electron chi connectivity index (χ0n) is 26.5. The van der Waals surface area contributed by atoms with Gasteiger partial charge in [0.2, 0.25) is 10.0 Å². The molecule has 0 aromatic heterocycles. The minimum atomic E-state index is -3.98. The van der Waals surface area contributed by atoms with Crippen molar-refractivity contribution in [2.75, 3.05) is 44.9 Å². The van der Waals surface area contributed by atoms with Gasteiger partial charge >= 0.3 is 0 Å². The van der Waals surface area contributed by atoms with E-state index in [4.69, 9.17) is 21.1 Å². The van der Waals surface area contributed by atoms with Crippen LogP contribution in [0.25, 0.3) is 0 Å². The molecule has 246 valence electrons. The molecule has 2 aliphatic carbocycles. The zero-order chi connectivity index (χ0) is 31.8. The topological polar surface area (TPSA) is 105 Å². The van der Waals surface area contributed by atoms with E-state index in [1.54, 1.807) is 13.2 Å². The first-order valence-electron chi connectivity index (χ1n) is 16.6. The summed E-state index contributed by atoms with van der Waals surface area (Å²) in [5.41, 5.74) is 3.41. The number of carbonyl (C=O) groups excluding carboxylic acids is 1. The van der Waals surface area contributed by atoms with E-state index in [2.05, 4.69) is 21.8 Å². The molecule has 8 nitrogen and oxygen atoms in total. The van der Waals surface area contributed by atoms with Gasteiger partial charge in [0, 0.05) is 49.4 Å². The van der Waals surface area contributed by atoms with Gasteiger partial charge in [-0.05, 0) is 116 Å². The van der Waals surface area contributed by atoms with Crippen LogP contribution >= 0.6 is 11.6 Å². The van der Waals surface area contributed by atoms with E-state index in [0.29, 0.717) is 42.6 Å². The van der Waals surface area contributed by atoms with E-state index in [-0.39, 0.29) is 30.5 Å². The number of benzene rings is 2. The third kappa shape index (κ3) is 6.60. The molecule has 2 aromatic rings. The van der Waals surface area contributed by atoms with Gasteiger partial charge in [-0.3, -0.25) is 4.79 Å².